The standard InChI is InChI=1S/C21H26FN5O2/c22-17-10-9-15(23-19(28)14-26-11-5-2-4-8-20(26)29)13-16(17)21-25-24-18-7-3-1-6-12-27(18)21/h9-10,13H,1-8,11-12,14H2,(H,23,28). The molecule has 2 aliphatic heterocycles. The summed E-state index contributed by atoms with van der Waals surface area (Å²) in [7, 11) is 0. The first-order valence-electron chi connectivity index (χ1n) is 10.4. The fraction of sp³-hybridized carbons (Fsp3) is 0.524. The van der Waals surface area contributed by atoms with Gasteiger partial charge in [-0.15, -0.1) is 10.2 Å². The van der Waals surface area contributed by atoms with Gasteiger partial charge in [0.15, 0.2) is 5.82 Å². The highest BCUT2D eigenvalue weighted by molar-refractivity contribution is 5.95. The summed E-state index contributed by atoms with van der Waals surface area (Å²) in [6.45, 7) is 1.39. The molecule has 1 fully saturated rings. The van der Waals surface area contributed by atoms with Crippen LogP contribution in [0.1, 0.15) is 50.8 Å². The number of halogens is 1. The summed E-state index contributed by atoms with van der Waals surface area (Å²) in [5, 5.41) is 11.2. The van der Waals surface area contributed by atoms with Gasteiger partial charge in [0, 0.05) is 31.6 Å². The van der Waals surface area contributed by atoms with Crippen LogP contribution in [0.3, 0.4) is 0 Å². The predicted octanol–water partition coefficient (Wildman–Crippen LogP) is 3.15. The van der Waals surface area contributed by atoms with Crippen LogP contribution in [0.4, 0.5) is 10.1 Å². The highest BCUT2D eigenvalue weighted by Crippen LogP contribution is 2.27. The number of anilines is 1. The van der Waals surface area contributed by atoms with Gasteiger partial charge in [-0.1, -0.05) is 12.8 Å². The molecule has 7 nitrogen and oxygen atoms in total. The maximum absolute atomic E-state index is 14.6. The number of amides is 2. The van der Waals surface area contributed by atoms with Crippen molar-refractivity contribution in [3.63, 3.8) is 0 Å². The van der Waals surface area contributed by atoms with Crippen molar-refractivity contribution in [1.82, 2.24) is 19.7 Å². The molecule has 1 aromatic carbocycles. The summed E-state index contributed by atoms with van der Waals surface area (Å²) < 4.78 is 16.5. The maximum atomic E-state index is 14.6. The van der Waals surface area contributed by atoms with Crippen LogP contribution >= 0.6 is 0 Å². The first kappa shape index (κ1) is 19.5. The molecular weight excluding hydrogens is 373 g/mol. The van der Waals surface area contributed by atoms with Crippen LogP contribution in [0.2, 0.25) is 0 Å². The number of rotatable bonds is 4. The third kappa shape index (κ3) is 4.46. The summed E-state index contributed by atoms with van der Waals surface area (Å²) in [4.78, 5) is 26.2. The number of carbonyl (C=O) groups is 2. The molecule has 0 atom stereocenters. The number of carbonyl (C=O) groups excluding carboxylic acids is 2. The zero-order valence-corrected chi connectivity index (χ0v) is 16.5. The van der Waals surface area contributed by atoms with Crippen molar-refractivity contribution in [2.24, 2.45) is 0 Å². The lowest BCUT2D eigenvalue weighted by Crippen LogP contribution is -2.37. The Morgan fingerprint density at radius 1 is 1.03 bits per heavy atom. The zero-order chi connectivity index (χ0) is 20.2. The summed E-state index contributed by atoms with van der Waals surface area (Å²) in [5.74, 6) is 0.718. The fourth-order valence-electron chi connectivity index (χ4n) is 4.04. The van der Waals surface area contributed by atoms with Gasteiger partial charge in [0.2, 0.25) is 11.8 Å². The van der Waals surface area contributed by atoms with Crippen LogP contribution in [0.15, 0.2) is 18.2 Å². The molecule has 0 unspecified atom stereocenters. The first-order valence-corrected chi connectivity index (χ1v) is 10.4. The van der Waals surface area contributed by atoms with Gasteiger partial charge in [-0.2, -0.15) is 0 Å². The highest BCUT2D eigenvalue weighted by Gasteiger charge is 2.21. The summed E-state index contributed by atoms with van der Waals surface area (Å²) in [6, 6.07) is 4.46. The maximum Gasteiger partial charge on any atom is 0.243 e. The van der Waals surface area contributed by atoms with Gasteiger partial charge in [-0.05, 0) is 43.9 Å². The number of hydrogen-bond donors (Lipinski definition) is 1. The SMILES string of the molecule is O=C(CN1CCCCCC1=O)Nc1ccc(F)c(-c2nnc3n2CCCCC3)c1. The van der Waals surface area contributed by atoms with Crippen LogP contribution in [0, 0.1) is 5.82 Å². The van der Waals surface area contributed by atoms with Crippen molar-refractivity contribution < 1.29 is 14.0 Å². The molecule has 1 aromatic heterocycles. The average molecular weight is 399 g/mol. The third-order valence-corrected chi connectivity index (χ3v) is 5.61. The quantitative estimate of drug-likeness (QED) is 0.857. The highest BCUT2D eigenvalue weighted by atomic mass is 19.1. The van der Waals surface area contributed by atoms with Crippen LogP contribution in [0.25, 0.3) is 11.4 Å². The van der Waals surface area contributed by atoms with Gasteiger partial charge < -0.3 is 14.8 Å². The normalized spacial score (nSPS) is 17.4. The Balaban J connectivity index is 1.51. The third-order valence-electron chi connectivity index (χ3n) is 5.61. The molecule has 0 bridgehead atoms. The average Bonchev–Trinajstić information content (AvgIpc) is 2.84. The molecule has 2 aliphatic rings. The molecule has 1 saturated heterocycles. The molecule has 2 amide bonds. The van der Waals surface area contributed by atoms with Crippen LogP contribution in [-0.4, -0.2) is 44.6 Å². The molecule has 29 heavy (non-hydrogen) atoms. The van der Waals surface area contributed by atoms with Gasteiger partial charge >= 0.3 is 0 Å². The Morgan fingerprint density at radius 3 is 2.69 bits per heavy atom. The Morgan fingerprint density at radius 2 is 1.83 bits per heavy atom. The molecule has 3 heterocycles. The smallest absolute Gasteiger partial charge is 0.243 e. The minimum atomic E-state index is -0.398. The van der Waals surface area contributed by atoms with Gasteiger partial charge in [-0.25, -0.2) is 4.39 Å². The number of nitrogens with zero attached hydrogens (tertiary/aromatic N) is 4. The largest absolute Gasteiger partial charge is 0.333 e. The molecule has 0 radical (unpaired) electrons. The van der Waals surface area contributed by atoms with E-state index in [9.17, 15) is 14.0 Å². The molecule has 154 valence electrons. The zero-order valence-electron chi connectivity index (χ0n) is 16.5. The lowest BCUT2D eigenvalue weighted by atomic mass is 10.1. The van der Waals surface area contributed by atoms with E-state index in [-0.39, 0.29) is 18.4 Å². The minimum absolute atomic E-state index is 0.0172. The van der Waals surface area contributed by atoms with E-state index in [4.69, 9.17) is 0 Å². The van der Waals surface area contributed by atoms with Crippen molar-refractivity contribution >= 4 is 17.5 Å². The Kier molecular flexibility index (Phi) is 5.87. The minimum Gasteiger partial charge on any atom is -0.333 e. The van der Waals surface area contributed by atoms with Crippen molar-refractivity contribution in [2.75, 3.05) is 18.4 Å². The van der Waals surface area contributed by atoms with Crippen molar-refractivity contribution in [3.05, 3.63) is 29.8 Å². The van der Waals surface area contributed by atoms with Gasteiger partial charge in [0.1, 0.15) is 11.6 Å². The Hall–Kier alpha value is -2.77. The van der Waals surface area contributed by atoms with Gasteiger partial charge in [-0.3, -0.25) is 9.59 Å². The number of nitrogens with one attached hydrogen (secondary N) is 1. The monoisotopic (exact) mass is 399 g/mol. The number of likely N-dealkylation sites (tertiary alicyclic amines) is 1. The van der Waals surface area contributed by atoms with Crippen molar-refractivity contribution in [3.8, 4) is 11.4 Å². The van der Waals surface area contributed by atoms with Crippen molar-refractivity contribution in [1.29, 1.82) is 0 Å². The molecular formula is C21H26FN5O2. The molecule has 0 saturated carbocycles. The Labute approximate surface area is 169 Å². The van der Waals surface area contributed by atoms with E-state index in [0.29, 0.717) is 30.0 Å². The summed E-state index contributed by atoms with van der Waals surface area (Å²) in [6.07, 6.45) is 7.33. The number of aromatic nitrogens is 3. The molecule has 1 N–H and O–H groups in total. The summed E-state index contributed by atoms with van der Waals surface area (Å²) in [5.41, 5.74) is 0.814. The molecule has 4 rings (SSSR count). The van der Waals surface area contributed by atoms with E-state index in [1.54, 1.807) is 11.0 Å². The fourth-order valence-corrected chi connectivity index (χ4v) is 4.04. The number of benzene rings is 1. The number of fused-ring (bicyclic) bond motifs is 1. The Bertz CT molecular complexity index is 910. The van der Waals surface area contributed by atoms with Crippen LogP contribution in [-0.2, 0) is 22.6 Å². The second-order valence-corrected chi connectivity index (χ2v) is 7.77. The predicted molar refractivity (Wildman–Crippen MR) is 107 cm³/mol. The topological polar surface area (TPSA) is 80.1 Å². The molecule has 0 aliphatic carbocycles. The van der Waals surface area contributed by atoms with E-state index in [1.165, 1.54) is 12.1 Å². The van der Waals surface area contributed by atoms with Crippen molar-refractivity contribution in [2.45, 2.75) is 57.9 Å². The molecule has 8 heteroatoms. The van der Waals surface area contributed by atoms with E-state index in [1.807, 2.05) is 4.57 Å². The number of hydrogen-bond acceptors (Lipinski definition) is 4. The molecule has 0 spiro atoms. The first-order chi connectivity index (χ1) is 14.1. The lowest BCUT2D eigenvalue weighted by Gasteiger charge is -2.20. The van der Waals surface area contributed by atoms with E-state index in [0.717, 1.165) is 57.3 Å². The van der Waals surface area contributed by atoms with E-state index < -0.39 is 5.82 Å². The van der Waals surface area contributed by atoms with Gasteiger partial charge in [0.25, 0.3) is 0 Å². The summed E-state index contributed by atoms with van der Waals surface area (Å²) >= 11 is 0. The van der Waals surface area contributed by atoms with Crippen LogP contribution in [0.5, 0.6) is 0 Å². The van der Waals surface area contributed by atoms with Crippen LogP contribution < -0.4 is 5.32 Å². The second kappa shape index (κ2) is 8.71. The van der Waals surface area contributed by atoms with Gasteiger partial charge in [0.05, 0.1) is 12.1 Å². The second-order valence-electron chi connectivity index (χ2n) is 7.77. The lowest BCUT2D eigenvalue weighted by molar-refractivity contribution is -0.134. The number of aryl methyl sites for hydroxylation is 1. The van der Waals surface area contributed by atoms with E-state index in [2.05, 4.69) is 15.5 Å². The van der Waals surface area contributed by atoms with E-state index >= 15 is 0 Å². The molecule has 2 aromatic rings.